The van der Waals surface area contributed by atoms with Gasteiger partial charge in [-0.1, -0.05) is 12.8 Å². The summed E-state index contributed by atoms with van der Waals surface area (Å²) in [5.41, 5.74) is 8.76. The average molecular weight is 421 g/mol. The van der Waals surface area contributed by atoms with Gasteiger partial charge in [0.15, 0.2) is 11.5 Å². The monoisotopic (exact) mass is 421 g/mol. The fourth-order valence-corrected chi connectivity index (χ4v) is 5.36. The van der Waals surface area contributed by atoms with E-state index in [1.54, 1.807) is 24.3 Å². The molecule has 1 spiro atoms. The van der Waals surface area contributed by atoms with E-state index >= 15 is 0 Å². The van der Waals surface area contributed by atoms with Crippen LogP contribution in [-0.2, 0) is 5.41 Å². The number of carbonyl (C=O) groups is 2. The minimum Gasteiger partial charge on any atom is -0.486 e. The number of ether oxygens (including phenoxy) is 2. The molecule has 5 rings (SSSR count). The van der Waals surface area contributed by atoms with Crippen LogP contribution >= 0.6 is 0 Å². The molecule has 1 aliphatic carbocycles. The van der Waals surface area contributed by atoms with Crippen molar-refractivity contribution in [2.45, 2.75) is 44.1 Å². The van der Waals surface area contributed by atoms with Gasteiger partial charge in [0.05, 0.1) is 6.04 Å². The zero-order valence-electron chi connectivity index (χ0n) is 17.6. The van der Waals surface area contributed by atoms with E-state index in [0.29, 0.717) is 31.0 Å². The molecule has 7 heteroatoms. The van der Waals surface area contributed by atoms with E-state index < -0.39 is 6.03 Å². The molecular formula is C24H27N3O4. The fourth-order valence-electron chi connectivity index (χ4n) is 5.36. The Kier molecular flexibility index (Phi) is 4.76. The van der Waals surface area contributed by atoms with E-state index in [-0.39, 0.29) is 17.4 Å². The summed E-state index contributed by atoms with van der Waals surface area (Å²) in [4.78, 5) is 26.6. The van der Waals surface area contributed by atoms with Crippen LogP contribution in [0, 0.1) is 0 Å². The number of carbonyl (C=O) groups excluding carboxylic acids is 2. The number of hydrogen-bond acceptors (Lipinski definition) is 4. The molecule has 3 N–H and O–H groups in total. The minimum atomic E-state index is -0.627. The van der Waals surface area contributed by atoms with E-state index in [0.717, 1.165) is 42.7 Å². The highest BCUT2D eigenvalue weighted by atomic mass is 16.6. The molecule has 0 bridgehead atoms. The van der Waals surface area contributed by atoms with Crippen LogP contribution in [0.5, 0.6) is 11.5 Å². The summed E-state index contributed by atoms with van der Waals surface area (Å²) in [6.45, 7) is 3.89. The van der Waals surface area contributed by atoms with Crippen molar-refractivity contribution in [1.29, 1.82) is 0 Å². The summed E-state index contributed by atoms with van der Waals surface area (Å²) < 4.78 is 11.7. The van der Waals surface area contributed by atoms with Crippen molar-refractivity contribution in [2.75, 3.05) is 25.1 Å². The van der Waals surface area contributed by atoms with E-state index in [4.69, 9.17) is 15.2 Å². The topological polar surface area (TPSA) is 93.9 Å². The van der Waals surface area contributed by atoms with Crippen molar-refractivity contribution in [2.24, 2.45) is 5.73 Å². The van der Waals surface area contributed by atoms with Gasteiger partial charge in [-0.2, -0.15) is 0 Å². The van der Waals surface area contributed by atoms with Crippen LogP contribution in [0.3, 0.4) is 0 Å². The summed E-state index contributed by atoms with van der Waals surface area (Å²) in [5, 5.41) is 2.53. The number of nitrogens with zero attached hydrogens (tertiary/aromatic N) is 1. The number of fused-ring (bicyclic) bond motifs is 3. The Hall–Kier alpha value is -3.22. The van der Waals surface area contributed by atoms with Crippen molar-refractivity contribution in [3.8, 4) is 11.5 Å². The van der Waals surface area contributed by atoms with Gasteiger partial charge in [-0.05, 0) is 67.3 Å². The zero-order valence-corrected chi connectivity index (χ0v) is 17.6. The van der Waals surface area contributed by atoms with Gasteiger partial charge in [-0.25, -0.2) is 4.79 Å². The molecule has 0 unspecified atom stereocenters. The molecular weight excluding hydrogens is 394 g/mol. The normalized spacial score (nSPS) is 20.9. The highest BCUT2D eigenvalue weighted by Gasteiger charge is 2.46. The van der Waals surface area contributed by atoms with Crippen LogP contribution in [0.25, 0.3) is 0 Å². The standard InChI is InChI=1S/C24H27N3O4/c1-15-18-12-20-21(31-11-10-30-20)13-19(18)24(8-2-3-9-24)14-27(15)22(28)16-4-6-17(7-5-16)26-23(25)29/h4-7,12-13,15H,2-3,8-11,14H2,1H3,(H3,25,26,29)/t15-/m1/s1. The Bertz CT molecular complexity index is 1030. The van der Waals surface area contributed by atoms with Gasteiger partial charge < -0.3 is 25.4 Å². The Morgan fingerprint density at radius 3 is 2.35 bits per heavy atom. The van der Waals surface area contributed by atoms with Crippen molar-refractivity contribution < 1.29 is 19.1 Å². The Labute approximate surface area is 181 Å². The molecule has 2 heterocycles. The van der Waals surface area contributed by atoms with Gasteiger partial charge in [0.2, 0.25) is 0 Å². The number of amides is 3. The van der Waals surface area contributed by atoms with Gasteiger partial charge in [-0.3, -0.25) is 4.79 Å². The molecule has 3 amide bonds. The highest BCUT2D eigenvalue weighted by molar-refractivity contribution is 5.96. The summed E-state index contributed by atoms with van der Waals surface area (Å²) in [6, 6.07) is 10.4. The van der Waals surface area contributed by atoms with Gasteiger partial charge in [0.25, 0.3) is 5.91 Å². The van der Waals surface area contributed by atoms with E-state index in [1.165, 1.54) is 5.56 Å². The lowest BCUT2D eigenvalue weighted by atomic mass is 9.71. The third-order valence-corrected chi connectivity index (χ3v) is 6.90. The first-order valence-electron chi connectivity index (χ1n) is 10.9. The molecule has 2 aromatic carbocycles. The number of nitrogens with two attached hydrogens (primary N) is 1. The summed E-state index contributed by atoms with van der Waals surface area (Å²) in [6.07, 6.45) is 4.46. The highest BCUT2D eigenvalue weighted by Crippen LogP contribution is 2.52. The molecule has 0 radical (unpaired) electrons. The van der Waals surface area contributed by atoms with Crippen LogP contribution in [0.15, 0.2) is 36.4 Å². The molecule has 2 aromatic rings. The number of rotatable bonds is 2. The van der Waals surface area contributed by atoms with Gasteiger partial charge in [0, 0.05) is 23.2 Å². The van der Waals surface area contributed by atoms with Crippen molar-refractivity contribution in [1.82, 2.24) is 4.90 Å². The first-order chi connectivity index (χ1) is 15.0. The zero-order chi connectivity index (χ0) is 21.6. The number of hydrogen-bond donors (Lipinski definition) is 2. The maximum absolute atomic E-state index is 13.5. The van der Waals surface area contributed by atoms with E-state index in [9.17, 15) is 9.59 Å². The lowest BCUT2D eigenvalue weighted by Gasteiger charge is -2.46. The second-order valence-electron chi connectivity index (χ2n) is 8.75. The van der Waals surface area contributed by atoms with Crippen molar-refractivity contribution in [3.63, 3.8) is 0 Å². The smallest absolute Gasteiger partial charge is 0.316 e. The van der Waals surface area contributed by atoms with Crippen LogP contribution in [0.2, 0.25) is 0 Å². The minimum absolute atomic E-state index is 0.00932. The van der Waals surface area contributed by atoms with Crippen molar-refractivity contribution >= 4 is 17.6 Å². The van der Waals surface area contributed by atoms with E-state index in [1.807, 2.05) is 4.90 Å². The number of primary amides is 1. The summed E-state index contributed by atoms with van der Waals surface area (Å²) >= 11 is 0. The lowest BCUT2D eigenvalue weighted by Crippen LogP contribution is -2.48. The van der Waals surface area contributed by atoms with Crippen molar-refractivity contribution in [3.05, 3.63) is 53.1 Å². The Morgan fingerprint density at radius 2 is 1.71 bits per heavy atom. The molecule has 1 saturated carbocycles. The van der Waals surface area contributed by atoms with Gasteiger partial charge >= 0.3 is 6.03 Å². The Morgan fingerprint density at radius 1 is 1.06 bits per heavy atom. The molecule has 1 fully saturated rings. The number of urea groups is 1. The molecule has 3 aliphatic rings. The second kappa shape index (κ2) is 7.48. The molecule has 2 aliphatic heterocycles. The molecule has 162 valence electrons. The van der Waals surface area contributed by atoms with Crippen LogP contribution in [0.1, 0.15) is 60.1 Å². The third kappa shape index (κ3) is 3.38. The molecule has 0 saturated heterocycles. The second-order valence-corrected chi connectivity index (χ2v) is 8.75. The van der Waals surface area contributed by atoms with Gasteiger partial charge in [0.1, 0.15) is 13.2 Å². The van der Waals surface area contributed by atoms with Gasteiger partial charge in [-0.15, -0.1) is 0 Å². The average Bonchev–Trinajstić information content (AvgIpc) is 3.24. The summed E-state index contributed by atoms with van der Waals surface area (Å²) in [7, 11) is 0. The molecule has 31 heavy (non-hydrogen) atoms. The lowest BCUT2D eigenvalue weighted by molar-refractivity contribution is 0.0593. The molecule has 7 nitrogen and oxygen atoms in total. The third-order valence-electron chi connectivity index (χ3n) is 6.90. The predicted molar refractivity (Wildman–Crippen MR) is 117 cm³/mol. The number of anilines is 1. The fraction of sp³-hybridized carbons (Fsp3) is 0.417. The molecule has 0 aromatic heterocycles. The Balaban J connectivity index is 1.51. The maximum atomic E-state index is 13.5. The quantitative estimate of drug-likeness (QED) is 0.767. The summed E-state index contributed by atoms with van der Waals surface area (Å²) in [5.74, 6) is 1.58. The first kappa shape index (κ1) is 19.7. The number of nitrogens with one attached hydrogen (secondary N) is 1. The largest absolute Gasteiger partial charge is 0.486 e. The SMILES string of the molecule is C[C@@H]1c2cc3c(cc2C2(CCCC2)CN1C(=O)c1ccc(NC(N)=O)cc1)OCCO3. The molecule has 1 atom stereocenters. The maximum Gasteiger partial charge on any atom is 0.316 e. The first-order valence-corrected chi connectivity index (χ1v) is 10.9. The predicted octanol–water partition coefficient (Wildman–Crippen LogP) is 3.98. The van der Waals surface area contributed by atoms with Crippen LogP contribution in [-0.4, -0.2) is 36.6 Å². The van der Waals surface area contributed by atoms with E-state index in [2.05, 4.69) is 24.4 Å². The van der Waals surface area contributed by atoms with Crippen LogP contribution < -0.4 is 20.5 Å². The number of benzene rings is 2. The van der Waals surface area contributed by atoms with Crippen LogP contribution in [0.4, 0.5) is 10.5 Å².